The number of anilines is 3. The largest absolute Gasteiger partial charge is 0.457 e. The van der Waals surface area contributed by atoms with Crippen molar-refractivity contribution in [3.05, 3.63) is 304 Å². The van der Waals surface area contributed by atoms with Crippen molar-refractivity contribution in [3.63, 3.8) is 0 Å². The zero-order valence-corrected chi connectivity index (χ0v) is 44.4. The predicted octanol–water partition coefficient (Wildman–Crippen LogP) is 19.5. The predicted molar refractivity (Wildman–Crippen MR) is 317 cm³/mol. The van der Waals surface area contributed by atoms with Crippen molar-refractivity contribution in [2.75, 3.05) is 4.90 Å². The van der Waals surface area contributed by atoms with E-state index in [4.69, 9.17) is 9.47 Å². The minimum Gasteiger partial charge on any atom is -0.457 e. The van der Waals surface area contributed by atoms with Crippen LogP contribution in [0.2, 0.25) is 0 Å². The summed E-state index contributed by atoms with van der Waals surface area (Å²) in [5, 5.41) is 2.40. The van der Waals surface area contributed by atoms with Crippen molar-refractivity contribution >= 4 is 27.8 Å². The summed E-state index contributed by atoms with van der Waals surface area (Å²) in [4.78, 5) is 2.55. The normalized spacial score (nSPS) is 14.3. The van der Waals surface area contributed by atoms with Crippen molar-refractivity contribution in [2.24, 2.45) is 0 Å². The summed E-state index contributed by atoms with van der Waals surface area (Å²) >= 11 is 0. The smallest absolute Gasteiger partial charge is 0.132 e. The lowest BCUT2D eigenvalue weighted by atomic mass is 9.63. The Morgan fingerprint density at radius 2 is 0.792 bits per heavy atom. The number of hydrogen-bond donors (Lipinski definition) is 0. The average Bonchev–Trinajstić information content (AvgIpc) is 4.00. The summed E-state index contributed by atoms with van der Waals surface area (Å²) in [5.74, 6) is 3.44. The third kappa shape index (κ3) is 6.96. The van der Waals surface area contributed by atoms with E-state index in [1.165, 1.54) is 60.8 Å². The van der Waals surface area contributed by atoms with Crippen LogP contribution in [0.4, 0.5) is 17.1 Å². The average molecular weight is 994 g/mol. The molecule has 14 rings (SSSR count). The summed E-state index contributed by atoms with van der Waals surface area (Å²) in [5.41, 5.74) is 18.0. The van der Waals surface area contributed by atoms with Gasteiger partial charge in [0, 0.05) is 39.1 Å². The van der Waals surface area contributed by atoms with E-state index in [0.717, 1.165) is 67.9 Å². The number of fused-ring (bicyclic) bond motifs is 12. The van der Waals surface area contributed by atoms with Gasteiger partial charge in [0.05, 0.1) is 22.2 Å². The Morgan fingerprint density at radius 1 is 0.325 bits per heavy atom. The van der Waals surface area contributed by atoms with Gasteiger partial charge in [0.2, 0.25) is 0 Å². The van der Waals surface area contributed by atoms with Gasteiger partial charge >= 0.3 is 0 Å². The Bertz CT molecular complexity index is 4030. The Balaban J connectivity index is 1.11. The fourth-order valence-electron chi connectivity index (χ4n) is 13.2. The fourth-order valence-corrected chi connectivity index (χ4v) is 13.2. The molecule has 0 atom stereocenters. The number of hydrogen-bond acceptors (Lipinski definition) is 3. The molecule has 0 fully saturated rings. The van der Waals surface area contributed by atoms with Crippen LogP contribution in [0.25, 0.3) is 33.0 Å². The standard InChI is InChI=1S/C74H59NO2/c1-71(2,3)51-39-42-67-61(45-51)74(62-46-52(72(4,5)6)40-43-68(62)77-67)58-33-17-15-31-57(58)70-60(74)35-22-37-65(70)75(64-36-19-16-30-56(64)55-32-21-24-48-23-13-14-29-54(48)55)53-41-44-69-63(47-53)73(49-25-9-7-10-26-49,50-27-11-8-12-28-50)59-34-18-20-38-66(59)76-69/h7-47H,1-6H3. The molecule has 2 heterocycles. The quantitative estimate of drug-likeness (QED) is 0.166. The van der Waals surface area contributed by atoms with Gasteiger partial charge in [0.1, 0.15) is 23.0 Å². The van der Waals surface area contributed by atoms with Crippen LogP contribution in [0.3, 0.4) is 0 Å². The van der Waals surface area contributed by atoms with Gasteiger partial charge in [-0.2, -0.15) is 0 Å². The minimum absolute atomic E-state index is 0.111. The molecule has 1 spiro atoms. The SMILES string of the molecule is CC(C)(C)c1ccc2c(c1)C1(c3cc(C(C)(C)C)ccc3O2)c2ccccc2-c2c(N(c3ccc4c(c3)C(c3ccccc3)(c3ccccc3)c3ccccc3O4)c3ccccc3-c3cccc4ccccc34)cccc21. The molecule has 0 bridgehead atoms. The summed E-state index contributed by atoms with van der Waals surface area (Å²) < 4.78 is 14.2. The molecule has 0 N–H and O–H groups in total. The summed E-state index contributed by atoms with van der Waals surface area (Å²) in [6.45, 7) is 13.9. The number of ether oxygens (including phenoxy) is 2. The highest BCUT2D eigenvalue weighted by molar-refractivity contribution is 6.04. The van der Waals surface area contributed by atoms with E-state index < -0.39 is 10.8 Å². The second-order valence-electron chi connectivity index (χ2n) is 23.2. The monoisotopic (exact) mass is 993 g/mol. The summed E-state index contributed by atoms with van der Waals surface area (Å²) in [7, 11) is 0. The Morgan fingerprint density at radius 3 is 1.45 bits per heavy atom. The Kier molecular flexibility index (Phi) is 10.5. The number of para-hydroxylation sites is 2. The molecule has 372 valence electrons. The number of nitrogens with zero attached hydrogens (tertiary/aromatic N) is 1. The first-order chi connectivity index (χ1) is 37.5. The maximum Gasteiger partial charge on any atom is 0.132 e. The van der Waals surface area contributed by atoms with E-state index in [1.807, 2.05) is 0 Å². The molecular formula is C74H59NO2. The lowest BCUT2D eigenvalue weighted by molar-refractivity contribution is 0.433. The van der Waals surface area contributed by atoms with Crippen LogP contribution in [0.5, 0.6) is 23.0 Å². The molecule has 1 aliphatic carbocycles. The molecule has 77 heavy (non-hydrogen) atoms. The lowest BCUT2D eigenvalue weighted by Gasteiger charge is -2.42. The van der Waals surface area contributed by atoms with E-state index in [1.54, 1.807) is 0 Å². The van der Waals surface area contributed by atoms with Gasteiger partial charge in [-0.05, 0) is 127 Å². The lowest BCUT2D eigenvalue weighted by Crippen LogP contribution is -2.34. The van der Waals surface area contributed by atoms with E-state index in [2.05, 4.69) is 295 Å². The first-order valence-electron chi connectivity index (χ1n) is 27.1. The van der Waals surface area contributed by atoms with Crippen LogP contribution >= 0.6 is 0 Å². The minimum atomic E-state index is -0.732. The van der Waals surface area contributed by atoms with Gasteiger partial charge in [-0.3, -0.25) is 0 Å². The maximum atomic E-state index is 7.09. The molecule has 3 nitrogen and oxygen atoms in total. The molecule has 0 radical (unpaired) electrons. The molecule has 11 aromatic carbocycles. The van der Waals surface area contributed by atoms with Gasteiger partial charge in [0.25, 0.3) is 0 Å². The van der Waals surface area contributed by atoms with Crippen LogP contribution < -0.4 is 14.4 Å². The second-order valence-corrected chi connectivity index (χ2v) is 23.2. The second kappa shape index (κ2) is 17.3. The number of rotatable bonds is 6. The maximum absolute atomic E-state index is 7.09. The first kappa shape index (κ1) is 46.6. The van der Waals surface area contributed by atoms with E-state index in [-0.39, 0.29) is 10.8 Å². The van der Waals surface area contributed by atoms with Crippen molar-refractivity contribution in [2.45, 2.75) is 63.2 Å². The van der Waals surface area contributed by atoms with Gasteiger partial charge in [-0.25, -0.2) is 0 Å². The molecule has 0 saturated heterocycles. The van der Waals surface area contributed by atoms with Crippen LogP contribution in [0.15, 0.2) is 249 Å². The molecule has 3 aliphatic rings. The molecule has 0 saturated carbocycles. The van der Waals surface area contributed by atoms with Crippen molar-refractivity contribution in [1.82, 2.24) is 0 Å². The van der Waals surface area contributed by atoms with Crippen LogP contribution in [0, 0.1) is 0 Å². The third-order valence-corrected chi connectivity index (χ3v) is 16.8. The molecule has 11 aromatic rings. The van der Waals surface area contributed by atoms with Crippen molar-refractivity contribution in [1.29, 1.82) is 0 Å². The molecule has 0 aromatic heterocycles. The molecule has 0 amide bonds. The topological polar surface area (TPSA) is 21.7 Å². The fraction of sp³-hybridized carbons (Fsp3) is 0.135. The van der Waals surface area contributed by atoms with Crippen molar-refractivity contribution < 1.29 is 9.47 Å². The van der Waals surface area contributed by atoms with E-state index in [9.17, 15) is 0 Å². The zero-order chi connectivity index (χ0) is 52.3. The summed E-state index contributed by atoms with van der Waals surface area (Å²) in [6, 6.07) is 91.9. The van der Waals surface area contributed by atoms with E-state index >= 15 is 0 Å². The highest BCUT2D eigenvalue weighted by Gasteiger charge is 2.53. The van der Waals surface area contributed by atoms with Gasteiger partial charge in [-0.1, -0.05) is 230 Å². The Labute approximate surface area is 452 Å². The van der Waals surface area contributed by atoms with Gasteiger partial charge in [-0.15, -0.1) is 0 Å². The molecule has 2 aliphatic heterocycles. The molecular weight excluding hydrogens is 935 g/mol. The highest BCUT2D eigenvalue weighted by atomic mass is 16.5. The van der Waals surface area contributed by atoms with Crippen LogP contribution in [-0.4, -0.2) is 0 Å². The van der Waals surface area contributed by atoms with Gasteiger partial charge < -0.3 is 14.4 Å². The number of benzene rings is 11. The molecule has 0 unspecified atom stereocenters. The van der Waals surface area contributed by atoms with Crippen LogP contribution in [-0.2, 0) is 21.7 Å². The Hall–Kier alpha value is -8.92. The van der Waals surface area contributed by atoms with Crippen molar-refractivity contribution in [3.8, 4) is 45.3 Å². The highest BCUT2D eigenvalue weighted by Crippen LogP contribution is 2.65. The zero-order valence-electron chi connectivity index (χ0n) is 44.4. The van der Waals surface area contributed by atoms with Crippen LogP contribution in [0.1, 0.15) is 97.2 Å². The summed E-state index contributed by atoms with van der Waals surface area (Å²) in [6.07, 6.45) is 0. The first-order valence-corrected chi connectivity index (χ1v) is 27.1. The third-order valence-electron chi connectivity index (χ3n) is 16.8. The van der Waals surface area contributed by atoms with Gasteiger partial charge in [0.15, 0.2) is 0 Å². The molecule has 3 heteroatoms. The van der Waals surface area contributed by atoms with E-state index in [0.29, 0.717) is 0 Å².